The molecule has 0 N–H and O–H groups in total. The predicted molar refractivity (Wildman–Crippen MR) is 118 cm³/mol. The lowest BCUT2D eigenvalue weighted by molar-refractivity contribution is 0.598. The van der Waals surface area contributed by atoms with Gasteiger partial charge in [-0.25, -0.2) is 14.5 Å². The highest BCUT2D eigenvalue weighted by atomic mass is 79.9. The molecular weight excluding hydrogens is 434 g/mol. The van der Waals surface area contributed by atoms with Crippen LogP contribution < -0.4 is 0 Å². The molecule has 0 atom stereocenters. The van der Waals surface area contributed by atoms with Gasteiger partial charge >= 0.3 is 0 Å². The Kier molecular flexibility index (Phi) is 5.29. The van der Waals surface area contributed by atoms with Crippen molar-refractivity contribution in [3.05, 3.63) is 52.3 Å². The molecule has 28 heavy (non-hydrogen) atoms. The van der Waals surface area contributed by atoms with Gasteiger partial charge in [-0.3, -0.25) is 4.98 Å². The van der Waals surface area contributed by atoms with Gasteiger partial charge < -0.3 is 0 Å². The van der Waals surface area contributed by atoms with Gasteiger partial charge in [0, 0.05) is 35.3 Å². The van der Waals surface area contributed by atoms with Crippen molar-refractivity contribution in [2.75, 3.05) is 0 Å². The summed E-state index contributed by atoms with van der Waals surface area (Å²) < 4.78 is 2.86. The highest BCUT2D eigenvalue weighted by Crippen LogP contribution is 2.41. The Bertz CT molecular complexity index is 1130. The summed E-state index contributed by atoms with van der Waals surface area (Å²) >= 11 is 5.32. The van der Waals surface area contributed by atoms with E-state index in [4.69, 9.17) is 15.1 Å². The Morgan fingerprint density at radius 3 is 2.50 bits per heavy atom. The summed E-state index contributed by atoms with van der Waals surface area (Å²) in [5, 5.41) is 5.83. The summed E-state index contributed by atoms with van der Waals surface area (Å²) in [5.74, 6) is 0.466. The Balaban J connectivity index is 1.93. The van der Waals surface area contributed by atoms with Crippen molar-refractivity contribution in [1.29, 1.82) is 0 Å². The molecule has 144 valence electrons. The van der Waals surface area contributed by atoms with Crippen LogP contribution in [0.4, 0.5) is 0 Å². The second-order valence-corrected chi connectivity index (χ2v) is 8.66. The maximum Gasteiger partial charge on any atom is 0.164 e. The average molecular weight is 456 g/mol. The summed E-state index contributed by atoms with van der Waals surface area (Å²) in [7, 11) is 0. The van der Waals surface area contributed by atoms with Crippen LogP contribution in [0.15, 0.2) is 35.2 Å². The van der Waals surface area contributed by atoms with E-state index < -0.39 is 0 Å². The van der Waals surface area contributed by atoms with Gasteiger partial charge in [-0.15, -0.1) is 11.3 Å². The van der Waals surface area contributed by atoms with Crippen LogP contribution in [0.2, 0.25) is 0 Å². The maximum absolute atomic E-state index is 4.87. The normalized spacial score (nSPS) is 11.6. The highest BCUT2D eigenvalue weighted by molar-refractivity contribution is 9.10. The zero-order valence-electron chi connectivity index (χ0n) is 16.4. The summed E-state index contributed by atoms with van der Waals surface area (Å²) in [5.41, 5.74) is 6.24. The summed E-state index contributed by atoms with van der Waals surface area (Å²) in [4.78, 5) is 14.8. The van der Waals surface area contributed by atoms with Crippen LogP contribution in [0.1, 0.15) is 49.7 Å². The predicted octanol–water partition coefficient (Wildman–Crippen LogP) is 6.20. The van der Waals surface area contributed by atoms with Crippen molar-refractivity contribution < 1.29 is 0 Å². The molecule has 0 radical (unpaired) electrons. The standard InChI is InChI=1S/C21H22BrN5S/c1-5-14(6-2)16-11-12(3)24-20-17(13(4)26-27(16)20)18-19(22)25-21(28-18)15-7-9-23-10-8-15/h7-11,14H,5-6H2,1-4H3. The quantitative estimate of drug-likeness (QED) is 0.359. The minimum Gasteiger partial charge on any atom is -0.265 e. The SMILES string of the molecule is CCC(CC)c1cc(C)nc2c(-c3sc(-c4ccncc4)nc3Br)c(C)nn12. The molecule has 0 unspecified atom stereocenters. The lowest BCUT2D eigenvalue weighted by Gasteiger charge is -2.15. The molecule has 0 aliphatic heterocycles. The summed E-state index contributed by atoms with van der Waals surface area (Å²) in [6.07, 6.45) is 5.74. The molecule has 4 aromatic heterocycles. The van der Waals surface area contributed by atoms with Crippen LogP contribution in [-0.4, -0.2) is 24.6 Å². The van der Waals surface area contributed by atoms with Gasteiger partial charge in [0.2, 0.25) is 0 Å². The van der Waals surface area contributed by atoms with Crippen molar-refractivity contribution >= 4 is 32.9 Å². The van der Waals surface area contributed by atoms with Gasteiger partial charge in [0.05, 0.1) is 16.1 Å². The number of hydrogen-bond donors (Lipinski definition) is 0. The number of thiazole rings is 1. The minimum atomic E-state index is 0.466. The van der Waals surface area contributed by atoms with Crippen LogP contribution in [0.25, 0.3) is 26.7 Å². The van der Waals surface area contributed by atoms with E-state index in [0.717, 1.165) is 55.5 Å². The summed E-state index contributed by atoms with van der Waals surface area (Å²) in [6, 6.07) is 6.13. The molecule has 7 heteroatoms. The number of pyridine rings is 1. The highest BCUT2D eigenvalue weighted by Gasteiger charge is 2.23. The van der Waals surface area contributed by atoms with Gasteiger partial charge in [-0.05, 0) is 60.8 Å². The van der Waals surface area contributed by atoms with Gasteiger partial charge in [0.1, 0.15) is 9.61 Å². The molecular formula is C21H22BrN5S. The van der Waals surface area contributed by atoms with E-state index in [1.165, 1.54) is 5.69 Å². The second kappa shape index (κ2) is 7.72. The lowest BCUT2D eigenvalue weighted by Crippen LogP contribution is -2.07. The molecule has 5 nitrogen and oxygen atoms in total. The third-order valence-corrected chi connectivity index (χ3v) is 7.02. The molecule has 0 saturated carbocycles. The Labute approximate surface area is 177 Å². The zero-order valence-corrected chi connectivity index (χ0v) is 18.8. The third-order valence-electron chi connectivity index (χ3n) is 5.06. The topological polar surface area (TPSA) is 56.0 Å². The van der Waals surface area contributed by atoms with Crippen molar-refractivity contribution in [2.24, 2.45) is 0 Å². The Morgan fingerprint density at radius 1 is 1.11 bits per heavy atom. The van der Waals surface area contributed by atoms with E-state index >= 15 is 0 Å². The first kappa shape index (κ1) is 19.2. The zero-order chi connectivity index (χ0) is 19.8. The molecule has 0 aromatic carbocycles. The van der Waals surface area contributed by atoms with Crippen molar-refractivity contribution in [2.45, 2.75) is 46.5 Å². The lowest BCUT2D eigenvalue weighted by atomic mass is 9.98. The van der Waals surface area contributed by atoms with Crippen LogP contribution in [-0.2, 0) is 0 Å². The smallest absolute Gasteiger partial charge is 0.164 e. The Morgan fingerprint density at radius 2 is 1.82 bits per heavy atom. The summed E-state index contributed by atoms with van der Waals surface area (Å²) in [6.45, 7) is 8.57. The molecule has 4 rings (SSSR count). The third kappa shape index (κ3) is 3.26. The van der Waals surface area contributed by atoms with Crippen molar-refractivity contribution in [1.82, 2.24) is 24.6 Å². The molecule has 0 fully saturated rings. The van der Waals surface area contributed by atoms with Crippen LogP contribution in [0, 0.1) is 13.8 Å². The fraction of sp³-hybridized carbons (Fsp3) is 0.333. The molecule has 0 bridgehead atoms. The van der Waals surface area contributed by atoms with E-state index in [0.29, 0.717) is 5.92 Å². The number of hydrogen-bond acceptors (Lipinski definition) is 5. The molecule has 4 heterocycles. The van der Waals surface area contributed by atoms with E-state index in [9.17, 15) is 0 Å². The molecule has 0 amide bonds. The van der Waals surface area contributed by atoms with E-state index in [1.54, 1.807) is 23.7 Å². The molecule has 4 aromatic rings. The number of fused-ring (bicyclic) bond motifs is 1. The molecule has 0 aliphatic rings. The number of halogens is 1. The monoisotopic (exact) mass is 455 g/mol. The van der Waals surface area contributed by atoms with Gasteiger partial charge in [-0.2, -0.15) is 5.10 Å². The minimum absolute atomic E-state index is 0.466. The first-order chi connectivity index (χ1) is 13.5. The van der Waals surface area contributed by atoms with E-state index in [2.05, 4.69) is 47.8 Å². The fourth-order valence-electron chi connectivity index (χ4n) is 3.61. The number of rotatable bonds is 5. The number of aromatic nitrogens is 5. The average Bonchev–Trinajstić information content (AvgIpc) is 3.22. The largest absolute Gasteiger partial charge is 0.265 e. The fourth-order valence-corrected chi connectivity index (χ4v) is 5.40. The van der Waals surface area contributed by atoms with Crippen molar-refractivity contribution in [3.63, 3.8) is 0 Å². The van der Waals surface area contributed by atoms with Gasteiger partial charge in [-0.1, -0.05) is 13.8 Å². The van der Waals surface area contributed by atoms with E-state index in [-0.39, 0.29) is 0 Å². The molecule has 0 spiro atoms. The molecule has 0 aliphatic carbocycles. The van der Waals surface area contributed by atoms with Crippen molar-refractivity contribution in [3.8, 4) is 21.0 Å². The van der Waals surface area contributed by atoms with Crippen LogP contribution in [0.3, 0.4) is 0 Å². The second-order valence-electron chi connectivity index (χ2n) is 6.91. The first-order valence-corrected chi connectivity index (χ1v) is 11.1. The maximum atomic E-state index is 4.87. The van der Waals surface area contributed by atoms with Crippen LogP contribution >= 0.6 is 27.3 Å². The Hall–Kier alpha value is -2.12. The first-order valence-electron chi connectivity index (χ1n) is 9.47. The van der Waals surface area contributed by atoms with Gasteiger partial charge in [0.25, 0.3) is 0 Å². The van der Waals surface area contributed by atoms with Crippen LogP contribution in [0.5, 0.6) is 0 Å². The number of nitrogens with zero attached hydrogens (tertiary/aromatic N) is 5. The molecule has 0 saturated heterocycles. The van der Waals surface area contributed by atoms with E-state index in [1.807, 2.05) is 23.6 Å². The van der Waals surface area contributed by atoms with Gasteiger partial charge in [0.15, 0.2) is 5.65 Å². The number of aryl methyl sites for hydroxylation is 2.